The quantitative estimate of drug-likeness (QED) is 0.780. The summed E-state index contributed by atoms with van der Waals surface area (Å²) in [5.74, 6) is 0.277. The number of hydrogen-bond acceptors (Lipinski definition) is 3. The highest BCUT2D eigenvalue weighted by molar-refractivity contribution is 5.83. The number of nitrogens with zero attached hydrogens (tertiary/aromatic N) is 1. The normalized spacial score (nSPS) is 29.0. The number of carbonyl (C=O) groups excluding carboxylic acids is 1. The lowest BCUT2D eigenvalue weighted by atomic mass is 9.74. The van der Waals surface area contributed by atoms with Crippen LogP contribution < -0.4 is 10.6 Å². The minimum atomic E-state index is -0.162. The zero-order valence-corrected chi connectivity index (χ0v) is 13.4. The maximum absolute atomic E-state index is 12.7. The van der Waals surface area contributed by atoms with Crippen LogP contribution in [0.4, 0.5) is 0 Å². The van der Waals surface area contributed by atoms with Crippen molar-refractivity contribution in [2.45, 2.75) is 57.4 Å². The Kier molecular flexibility index (Phi) is 5.08. The van der Waals surface area contributed by atoms with Crippen LogP contribution in [0.15, 0.2) is 0 Å². The highest BCUT2D eigenvalue weighted by Crippen LogP contribution is 2.36. The third kappa shape index (κ3) is 3.01. The molecule has 4 nitrogen and oxygen atoms in total. The molecule has 0 radical (unpaired) electrons. The highest BCUT2D eigenvalue weighted by Gasteiger charge is 2.42. The SMILES string of the molecule is CCCC1(C(=O)NCC2(N(C)C)CCC2)CCCNC1. The molecule has 0 aromatic heterocycles. The second-order valence-electron chi connectivity index (χ2n) is 6.97. The lowest BCUT2D eigenvalue weighted by molar-refractivity contribution is -0.133. The van der Waals surface area contributed by atoms with Crippen molar-refractivity contribution >= 4 is 5.91 Å². The maximum atomic E-state index is 12.7. The van der Waals surface area contributed by atoms with E-state index in [1.807, 2.05) is 0 Å². The van der Waals surface area contributed by atoms with Gasteiger partial charge in [-0.15, -0.1) is 0 Å². The molecule has 4 heteroatoms. The van der Waals surface area contributed by atoms with Gasteiger partial charge in [-0.05, 0) is 59.2 Å². The van der Waals surface area contributed by atoms with Gasteiger partial charge in [0.05, 0.1) is 5.41 Å². The molecule has 0 bridgehead atoms. The summed E-state index contributed by atoms with van der Waals surface area (Å²) < 4.78 is 0. The summed E-state index contributed by atoms with van der Waals surface area (Å²) in [6.07, 6.45) is 7.93. The fraction of sp³-hybridized carbons (Fsp3) is 0.938. The van der Waals surface area contributed by atoms with Crippen molar-refractivity contribution in [1.29, 1.82) is 0 Å². The van der Waals surface area contributed by atoms with Gasteiger partial charge in [-0.2, -0.15) is 0 Å². The number of piperidine rings is 1. The second-order valence-corrected chi connectivity index (χ2v) is 6.97. The van der Waals surface area contributed by atoms with E-state index in [1.165, 1.54) is 19.3 Å². The molecule has 2 aliphatic rings. The first-order chi connectivity index (χ1) is 9.55. The number of hydrogen-bond donors (Lipinski definition) is 2. The van der Waals surface area contributed by atoms with Gasteiger partial charge < -0.3 is 15.5 Å². The van der Waals surface area contributed by atoms with Crippen molar-refractivity contribution in [3.8, 4) is 0 Å². The average Bonchev–Trinajstić information content (AvgIpc) is 2.38. The summed E-state index contributed by atoms with van der Waals surface area (Å²) in [4.78, 5) is 15.0. The van der Waals surface area contributed by atoms with Gasteiger partial charge in [-0.3, -0.25) is 4.79 Å². The first kappa shape index (κ1) is 15.8. The molecule has 0 aromatic carbocycles. The van der Waals surface area contributed by atoms with Crippen molar-refractivity contribution in [3.63, 3.8) is 0 Å². The first-order valence-electron chi connectivity index (χ1n) is 8.21. The Morgan fingerprint density at radius 3 is 2.45 bits per heavy atom. The van der Waals surface area contributed by atoms with Gasteiger partial charge in [-0.25, -0.2) is 0 Å². The monoisotopic (exact) mass is 281 g/mol. The lowest BCUT2D eigenvalue weighted by Crippen LogP contribution is -2.59. The van der Waals surface area contributed by atoms with E-state index in [4.69, 9.17) is 0 Å². The maximum Gasteiger partial charge on any atom is 0.227 e. The van der Waals surface area contributed by atoms with Gasteiger partial charge in [0.25, 0.3) is 0 Å². The van der Waals surface area contributed by atoms with E-state index < -0.39 is 0 Å². The van der Waals surface area contributed by atoms with Crippen LogP contribution >= 0.6 is 0 Å². The summed E-state index contributed by atoms with van der Waals surface area (Å²) in [5.41, 5.74) is 0.0510. The molecule has 1 aliphatic carbocycles. The first-order valence-corrected chi connectivity index (χ1v) is 8.21. The minimum absolute atomic E-state index is 0.162. The van der Waals surface area contributed by atoms with E-state index in [9.17, 15) is 4.79 Å². The molecule has 2 rings (SSSR count). The molecule has 1 saturated carbocycles. The minimum Gasteiger partial charge on any atom is -0.354 e. The molecule has 0 spiro atoms. The average molecular weight is 281 g/mol. The van der Waals surface area contributed by atoms with Gasteiger partial charge in [0, 0.05) is 18.6 Å². The number of amides is 1. The van der Waals surface area contributed by atoms with Crippen LogP contribution in [-0.2, 0) is 4.79 Å². The Balaban J connectivity index is 1.95. The number of nitrogens with one attached hydrogen (secondary N) is 2. The number of likely N-dealkylation sites (N-methyl/N-ethyl adjacent to an activating group) is 1. The molecule has 1 heterocycles. The topological polar surface area (TPSA) is 44.4 Å². The lowest BCUT2D eigenvalue weighted by Gasteiger charge is -2.48. The van der Waals surface area contributed by atoms with Gasteiger partial charge in [-0.1, -0.05) is 13.3 Å². The Bertz CT molecular complexity index is 325. The van der Waals surface area contributed by atoms with Crippen LogP contribution in [-0.4, -0.2) is 50.1 Å². The Labute approximate surface area is 123 Å². The van der Waals surface area contributed by atoms with Crippen LogP contribution in [0.2, 0.25) is 0 Å². The second kappa shape index (κ2) is 6.44. The summed E-state index contributed by atoms with van der Waals surface area (Å²) in [7, 11) is 4.27. The Morgan fingerprint density at radius 2 is 2.00 bits per heavy atom. The number of carbonyl (C=O) groups is 1. The van der Waals surface area contributed by atoms with Gasteiger partial charge in [0.15, 0.2) is 0 Å². The smallest absolute Gasteiger partial charge is 0.227 e. The molecule has 20 heavy (non-hydrogen) atoms. The van der Waals surface area contributed by atoms with E-state index in [-0.39, 0.29) is 16.9 Å². The number of rotatable bonds is 6. The third-order valence-electron chi connectivity index (χ3n) is 5.49. The van der Waals surface area contributed by atoms with E-state index in [0.717, 1.165) is 45.3 Å². The standard InChI is InChI=1S/C16H31N3O/c1-4-7-15(8-6-11-17-12-15)14(20)18-13-16(19(2)3)9-5-10-16/h17H,4-13H2,1-3H3,(H,18,20). The summed E-state index contributed by atoms with van der Waals surface area (Å²) in [5, 5.41) is 6.70. The zero-order valence-electron chi connectivity index (χ0n) is 13.4. The van der Waals surface area contributed by atoms with Crippen LogP contribution in [0.25, 0.3) is 0 Å². The molecular weight excluding hydrogens is 250 g/mol. The van der Waals surface area contributed by atoms with E-state index in [2.05, 4.69) is 36.6 Å². The molecular formula is C16H31N3O. The Morgan fingerprint density at radius 1 is 1.25 bits per heavy atom. The van der Waals surface area contributed by atoms with E-state index in [0.29, 0.717) is 0 Å². The van der Waals surface area contributed by atoms with E-state index >= 15 is 0 Å². The van der Waals surface area contributed by atoms with Crippen LogP contribution in [0.5, 0.6) is 0 Å². The molecule has 1 amide bonds. The molecule has 1 saturated heterocycles. The molecule has 1 atom stereocenters. The van der Waals surface area contributed by atoms with Crippen molar-refractivity contribution in [2.75, 3.05) is 33.7 Å². The van der Waals surface area contributed by atoms with Crippen molar-refractivity contribution < 1.29 is 4.79 Å². The fourth-order valence-corrected chi connectivity index (χ4v) is 3.77. The predicted octanol–water partition coefficient (Wildman–Crippen LogP) is 1.76. The van der Waals surface area contributed by atoms with Gasteiger partial charge in [0.1, 0.15) is 0 Å². The zero-order chi connectivity index (χ0) is 14.6. The predicted molar refractivity (Wildman–Crippen MR) is 82.7 cm³/mol. The molecule has 2 N–H and O–H groups in total. The summed E-state index contributed by atoms with van der Waals surface area (Å²) in [6, 6.07) is 0. The fourth-order valence-electron chi connectivity index (χ4n) is 3.77. The van der Waals surface area contributed by atoms with Gasteiger partial charge >= 0.3 is 0 Å². The van der Waals surface area contributed by atoms with E-state index in [1.54, 1.807) is 0 Å². The summed E-state index contributed by atoms with van der Waals surface area (Å²) >= 11 is 0. The molecule has 2 fully saturated rings. The molecule has 1 aliphatic heterocycles. The van der Waals surface area contributed by atoms with Crippen LogP contribution in [0.1, 0.15) is 51.9 Å². The van der Waals surface area contributed by atoms with Crippen molar-refractivity contribution in [2.24, 2.45) is 5.41 Å². The molecule has 1 unspecified atom stereocenters. The van der Waals surface area contributed by atoms with Crippen molar-refractivity contribution in [1.82, 2.24) is 15.5 Å². The van der Waals surface area contributed by atoms with Crippen LogP contribution in [0.3, 0.4) is 0 Å². The summed E-state index contributed by atoms with van der Waals surface area (Å²) in [6.45, 7) is 4.89. The third-order valence-corrected chi connectivity index (χ3v) is 5.49. The highest BCUT2D eigenvalue weighted by atomic mass is 16.2. The van der Waals surface area contributed by atoms with Crippen LogP contribution in [0, 0.1) is 5.41 Å². The molecule has 116 valence electrons. The Hall–Kier alpha value is -0.610. The molecule has 0 aromatic rings. The van der Waals surface area contributed by atoms with Gasteiger partial charge in [0.2, 0.25) is 5.91 Å². The largest absolute Gasteiger partial charge is 0.354 e. The van der Waals surface area contributed by atoms with Crippen molar-refractivity contribution in [3.05, 3.63) is 0 Å².